The van der Waals surface area contributed by atoms with Crippen molar-refractivity contribution in [2.45, 2.75) is 19.4 Å². The largest absolute Gasteiger partial charge is 0.493 e. The van der Waals surface area contributed by atoms with Crippen LogP contribution >= 0.6 is 0 Å². The van der Waals surface area contributed by atoms with Gasteiger partial charge in [0.05, 0.1) is 13.7 Å². The minimum atomic E-state index is 0.0976. The van der Waals surface area contributed by atoms with Crippen molar-refractivity contribution < 1.29 is 19.0 Å². The van der Waals surface area contributed by atoms with E-state index in [1.165, 1.54) is 0 Å². The zero-order chi connectivity index (χ0) is 12.3. The number of ether oxygens (including phenoxy) is 3. The van der Waals surface area contributed by atoms with Crippen LogP contribution in [-0.2, 0) is 4.74 Å². The molecule has 2 rings (SSSR count). The number of carbonyl (C=O) groups excluding carboxylic acids is 1. The summed E-state index contributed by atoms with van der Waals surface area (Å²) >= 11 is 0. The van der Waals surface area contributed by atoms with Crippen molar-refractivity contribution in [1.82, 2.24) is 0 Å². The molecular formula is C13H16O4. The molecule has 0 amide bonds. The van der Waals surface area contributed by atoms with Gasteiger partial charge in [0.2, 0.25) is 0 Å². The van der Waals surface area contributed by atoms with Crippen molar-refractivity contribution in [1.29, 1.82) is 0 Å². The van der Waals surface area contributed by atoms with E-state index in [2.05, 4.69) is 0 Å². The highest BCUT2D eigenvalue weighted by Gasteiger charge is 2.23. The lowest BCUT2D eigenvalue weighted by atomic mass is 10.1. The summed E-state index contributed by atoms with van der Waals surface area (Å²) in [7, 11) is 1.57. The first kappa shape index (κ1) is 11.9. The summed E-state index contributed by atoms with van der Waals surface area (Å²) < 4.78 is 15.8. The van der Waals surface area contributed by atoms with E-state index < -0.39 is 0 Å². The maximum atomic E-state index is 11.6. The van der Waals surface area contributed by atoms with Gasteiger partial charge in [-0.3, -0.25) is 4.79 Å². The number of carbonyl (C=O) groups is 1. The van der Waals surface area contributed by atoms with Gasteiger partial charge in [0, 0.05) is 12.0 Å². The SMILES string of the molecule is CCC(=O)c1ccc(OC[C@@H]2CO2)c(OC)c1. The van der Waals surface area contributed by atoms with E-state index >= 15 is 0 Å². The summed E-state index contributed by atoms with van der Waals surface area (Å²) in [6.45, 7) is 3.12. The second kappa shape index (κ2) is 5.19. The van der Waals surface area contributed by atoms with Crippen molar-refractivity contribution in [2.24, 2.45) is 0 Å². The third-order valence-corrected chi connectivity index (χ3v) is 2.63. The van der Waals surface area contributed by atoms with Crippen molar-refractivity contribution in [3.63, 3.8) is 0 Å². The number of hydrogen-bond acceptors (Lipinski definition) is 4. The first-order chi connectivity index (χ1) is 8.24. The first-order valence-electron chi connectivity index (χ1n) is 5.70. The lowest BCUT2D eigenvalue weighted by Crippen LogP contribution is -2.06. The molecule has 1 aliphatic rings. The Morgan fingerprint density at radius 2 is 2.24 bits per heavy atom. The third kappa shape index (κ3) is 2.97. The fraction of sp³-hybridized carbons (Fsp3) is 0.462. The van der Waals surface area contributed by atoms with Crippen LogP contribution in [0.1, 0.15) is 23.7 Å². The Balaban J connectivity index is 2.11. The second-order valence-corrected chi connectivity index (χ2v) is 3.91. The fourth-order valence-corrected chi connectivity index (χ4v) is 1.51. The Morgan fingerprint density at radius 1 is 1.47 bits per heavy atom. The molecule has 1 aromatic rings. The van der Waals surface area contributed by atoms with Crippen molar-refractivity contribution in [2.75, 3.05) is 20.3 Å². The molecule has 1 saturated heterocycles. The molecule has 0 bridgehead atoms. The molecule has 4 nitrogen and oxygen atoms in total. The average Bonchev–Trinajstić information content (AvgIpc) is 3.19. The van der Waals surface area contributed by atoms with Crippen LogP contribution in [0, 0.1) is 0 Å². The van der Waals surface area contributed by atoms with Gasteiger partial charge in [0.25, 0.3) is 0 Å². The fourth-order valence-electron chi connectivity index (χ4n) is 1.51. The molecule has 1 heterocycles. The van der Waals surface area contributed by atoms with Crippen LogP contribution in [0.2, 0.25) is 0 Å². The molecule has 92 valence electrons. The molecule has 4 heteroatoms. The molecule has 0 saturated carbocycles. The predicted molar refractivity (Wildman–Crippen MR) is 62.9 cm³/mol. The van der Waals surface area contributed by atoms with Crippen LogP contribution in [-0.4, -0.2) is 32.2 Å². The van der Waals surface area contributed by atoms with E-state index in [1.807, 2.05) is 6.92 Å². The van der Waals surface area contributed by atoms with Crippen LogP contribution < -0.4 is 9.47 Å². The van der Waals surface area contributed by atoms with Gasteiger partial charge in [-0.05, 0) is 18.2 Å². The van der Waals surface area contributed by atoms with Gasteiger partial charge >= 0.3 is 0 Å². The third-order valence-electron chi connectivity index (χ3n) is 2.63. The number of Topliss-reactive ketones (excluding diaryl/α,β-unsaturated/α-hetero) is 1. The highest BCUT2D eigenvalue weighted by molar-refractivity contribution is 5.96. The molecule has 0 unspecified atom stereocenters. The summed E-state index contributed by atoms with van der Waals surface area (Å²) in [4.78, 5) is 11.6. The Kier molecular flexibility index (Phi) is 3.64. The van der Waals surface area contributed by atoms with Crippen LogP contribution in [0.25, 0.3) is 0 Å². The summed E-state index contributed by atoms with van der Waals surface area (Å²) in [5.41, 5.74) is 0.652. The Morgan fingerprint density at radius 3 is 2.82 bits per heavy atom. The van der Waals surface area contributed by atoms with Crippen molar-refractivity contribution >= 4 is 5.78 Å². The molecule has 0 radical (unpaired) electrons. The van der Waals surface area contributed by atoms with Gasteiger partial charge in [-0.1, -0.05) is 6.92 Å². The van der Waals surface area contributed by atoms with Crippen LogP contribution in [0.3, 0.4) is 0 Å². The molecule has 1 atom stereocenters. The first-order valence-corrected chi connectivity index (χ1v) is 5.70. The number of methoxy groups -OCH3 is 1. The number of hydrogen-bond donors (Lipinski definition) is 0. The minimum absolute atomic E-state index is 0.0976. The molecule has 0 spiro atoms. The minimum Gasteiger partial charge on any atom is -0.493 e. The standard InChI is InChI=1S/C13H16O4/c1-3-11(14)9-4-5-12(13(6-9)15-2)17-8-10-7-16-10/h4-6,10H,3,7-8H2,1-2H3/t10-/m0/s1. The lowest BCUT2D eigenvalue weighted by Gasteiger charge is -2.10. The van der Waals surface area contributed by atoms with Crippen molar-refractivity contribution in [3.8, 4) is 11.5 Å². The molecule has 1 aliphatic heterocycles. The summed E-state index contributed by atoms with van der Waals surface area (Å²) in [6.07, 6.45) is 0.691. The lowest BCUT2D eigenvalue weighted by molar-refractivity contribution is 0.0987. The van der Waals surface area contributed by atoms with Gasteiger partial charge < -0.3 is 14.2 Å². The normalized spacial score (nSPS) is 17.6. The van der Waals surface area contributed by atoms with Crippen molar-refractivity contribution in [3.05, 3.63) is 23.8 Å². The zero-order valence-electron chi connectivity index (χ0n) is 10.1. The summed E-state index contributed by atoms with van der Waals surface area (Å²) in [5, 5.41) is 0. The molecular weight excluding hydrogens is 220 g/mol. The van der Waals surface area contributed by atoms with Gasteiger partial charge in [-0.15, -0.1) is 0 Å². The van der Waals surface area contributed by atoms with E-state index in [1.54, 1.807) is 25.3 Å². The van der Waals surface area contributed by atoms with E-state index in [-0.39, 0.29) is 11.9 Å². The summed E-state index contributed by atoms with van der Waals surface area (Å²) in [5.74, 6) is 1.33. The van der Waals surface area contributed by atoms with Gasteiger partial charge in [0.15, 0.2) is 17.3 Å². The van der Waals surface area contributed by atoms with E-state index in [4.69, 9.17) is 14.2 Å². The molecule has 17 heavy (non-hydrogen) atoms. The Hall–Kier alpha value is -1.55. The monoisotopic (exact) mass is 236 g/mol. The van der Waals surface area contributed by atoms with E-state index in [9.17, 15) is 4.79 Å². The average molecular weight is 236 g/mol. The number of epoxide rings is 1. The predicted octanol–water partition coefficient (Wildman–Crippen LogP) is 2.07. The maximum absolute atomic E-state index is 11.6. The molecule has 0 aliphatic carbocycles. The molecule has 0 aromatic heterocycles. The van der Waals surface area contributed by atoms with E-state index in [0.29, 0.717) is 30.1 Å². The number of rotatable bonds is 6. The zero-order valence-corrected chi connectivity index (χ0v) is 10.1. The van der Waals surface area contributed by atoms with Gasteiger partial charge in [0.1, 0.15) is 12.7 Å². The van der Waals surface area contributed by atoms with E-state index in [0.717, 1.165) is 6.61 Å². The second-order valence-electron chi connectivity index (χ2n) is 3.91. The topological polar surface area (TPSA) is 48.1 Å². The van der Waals surface area contributed by atoms with Crippen LogP contribution in [0.15, 0.2) is 18.2 Å². The molecule has 0 N–H and O–H groups in total. The Labute approximate surface area is 100 Å². The highest BCUT2D eigenvalue weighted by Crippen LogP contribution is 2.29. The Bertz CT molecular complexity index is 410. The number of benzene rings is 1. The van der Waals surface area contributed by atoms with Crippen LogP contribution in [0.5, 0.6) is 11.5 Å². The summed E-state index contributed by atoms with van der Waals surface area (Å²) in [6, 6.07) is 5.25. The smallest absolute Gasteiger partial charge is 0.162 e. The van der Waals surface area contributed by atoms with Gasteiger partial charge in [-0.25, -0.2) is 0 Å². The van der Waals surface area contributed by atoms with Crippen LogP contribution in [0.4, 0.5) is 0 Å². The molecule has 1 fully saturated rings. The van der Waals surface area contributed by atoms with Gasteiger partial charge in [-0.2, -0.15) is 0 Å². The number of ketones is 1. The quantitative estimate of drug-likeness (QED) is 0.560. The molecule has 1 aromatic carbocycles. The maximum Gasteiger partial charge on any atom is 0.162 e. The highest BCUT2D eigenvalue weighted by atomic mass is 16.6.